The van der Waals surface area contributed by atoms with E-state index in [0.717, 1.165) is 16.9 Å². The minimum absolute atomic E-state index is 0.115. The van der Waals surface area contributed by atoms with Gasteiger partial charge in [0.25, 0.3) is 5.91 Å². The highest BCUT2D eigenvalue weighted by molar-refractivity contribution is 6.17. The molecule has 0 saturated carbocycles. The van der Waals surface area contributed by atoms with Gasteiger partial charge in [0.1, 0.15) is 11.5 Å². The molecule has 1 N–H and O–H groups in total. The van der Waals surface area contributed by atoms with Crippen LogP contribution in [-0.4, -0.2) is 5.91 Å². The number of carbonyl (C=O) groups is 1. The van der Waals surface area contributed by atoms with Crippen molar-refractivity contribution >= 4 is 17.5 Å². The van der Waals surface area contributed by atoms with Crippen LogP contribution in [0.25, 0.3) is 0 Å². The lowest BCUT2D eigenvalue weighted by Gasteiger charge is -2.05. The highest BCUT2D eigenvalue weighted by atomic mass is 35.5. The molecular weight excluding hydrogens is 262 g/mol. The first-order valence-corrected chi connectivity index (χ1v) is 6.62. The average molecular weight is 278 g/mol. The summed E-state index contributed by atoms with van der Waals surface area (Å²) in [5.74, 6) is 1.78. The van der Waals surface area contributed by atoms with Crippen LogP contribution >= 0.6 is 11.6 Å². The van der Waals surface area contributed by atoms with Gasteiger partial charge in [-0.25, -0.2) is 0 Å². The quantitative estimate of drug-likeness (QED) is 0.868. The molecule has 3 nitrogen and oxygen atoms in total. The van der Waals surface area contributed by atoms with Crippen molar-refractivity contribution in [3.63, 3.8) is 0 Å². The van der Waals surface area contributed by atoms with Crippen molar-refractivity contribution in [2.45, 2.75) is 26.3 Å². The van der Waals surface area contributed by atoms with Crippen molar-refractivity contribution in [3.05, 3.63) is 58.5 Å². The van der Waals surface area contributed by atoms with Crippen LogP contribution < -0.4 is 5.32 Å². The second-order valence-corrected chi connectivity index (χ2v) is 4.73. The molecule has 0 saturated heterocycles. The van der Waals surface area contributed by atoms with E-state index in [4.69, 9.17) is 16.0 Å². The molecule has 2 aromatic rings. The van der Waals surface area contributed by atoms with E-state index in [1.807, 2.05) is 31.2 Å². The maximum absolute atomic E-state index is 12.0. The highest BCUT2D eigenvalue weighted by Crippen LogP contribution is 2.13. The lowest BCUT2D eigenvalue weighted by Crippen LogP contribution is -2.22. The average Bonchev–Trinajstić information content (AvgIpc) is 2.75. The molecular formula is C15H16ClNO2. The molecule has 1 aromatic heterocycles. The number of hydrogen-bond donors (Lipinski definition) is 1. The van der Waals surface area contributed by atoms with Gasteiger partial charge >= 0.3 is 0 Å². The number of nitrogens with one attached hydrogen (secondary N) is 1. The standard InChI is InChI=1S/C15H16ClNO2/c1-10-7-14(11(2)19-10)15(18)17-9-13-5-3-12(8-16)4-6-13/h3-7H,8-9H2,1-2H3,(H,17,18). The largest absolute Gasteiger partial charge is 0.466 e. The number of aryl methyl sites for hydroxylation is 2. The predicted molar refractivity (Wildman–Crippen MR) is 75.4 cm³/mol. The minimum Gasteiger partial charge on any atom is -0.466 e. The van der Waals surface area contributed by atoms with E-state index in [-0.39, 0.29) is 5.91 Å². The Hall–Kier alpha value is -1.74. The zero-order valence-electron chi connectivity index (χ0n) is 11.0. The van der Waals surface area contributed by atoms with E-state index in [1.54, 1.807) is 13.0 Å². The SMILES string of the molecule is Cc1cc(C(=O)NCc2ccc(CCl)cc2)c(C)o1. The third-order valence-electron chi connectivity index (χ3n) is 2.92. The maximum Gasteiger partial charge on any atom is 0.255 e. The molecule has 1 aromatic carbocycles. The van der Waals surface area contributed by atoms with Gasteiger partial charge in [0.15, 0.2) is 0 Å². The van der Waals surface area contributed by atoms with Crippen LogP contribution in [0.4, 0.5) is 0 Å². The molecule has 2 rings (SSSR count). The minimum atomic E-state index is -0.115. The Balaban J connectivity index is 1.98. The summed E-state index contributed by atoms with van der Waals surface area (Å²) in [6, 6.07) is 9.60. The smallest absolute Gasteiger partial charge is 0.255 e. The molecule has 4 heteroatoms. The first kappa shape index (κ1) is 13.7. The molecule has 19 heavy (non-hydrogen) atoms. The summed E-state index contributed by atoms with van der Waals surface area (Å²) >= 11 is 5.73. The summed E-state index contributed by atoms with van der Waals surface area (Å²) < 4.78 is 5.34. The Bertz CT molecular complexity index is 572. The topological polar surface area (TPSA) is 42.2 Å². The van der Waals surface area contributed by atoms with Crippen LogP contribution in [-0.2, 0) is 12.4 Å². The molecule has 0 spiro atoms. The second kappa shape index (κ2) is 5.93. The number of halogens is 1. The third kappa shape index (κ3) is 3.38. The van der Waals surface area contributed by atoms with Gasteiger partial charge in [-0.1, -0.05) is 24.3 Å². The van der Waals surface area contributed by atoms with Crippen LogP contribution in [0.3, 0.4) is 0 Å². The normalized spacial score (nSPS) is 10.5. The first-order valence-electron chi connectivity index (χ1n) is 6.09. The molecule has 1 amide bonds. The number of carbonyl (C=O) groups excluding carboxylic acids is 1. The van der Waals surface area contributed by atoms with E-state index >= 15 is 0 Å². The van der Waals surface area contributed by atoms with E-state index in [9.17, 15) is 4.79 Å². The van der Waals surface area contributed by atoms with Gasteiger partial charge in [-0.3, -0.25) is 4.79 Å². The zero-order valence-corrected chi connectivity index (χ0v) is 11.8. The van der Waals surface area contributed by atoms with Crippen LogP contribution in [0, 0.1) is 13.8 Å². The molecule has 0 aliphatic heterocycles. The molecule has 0 atom stereocenters. The van der Waals surface area contributed by atoms with Crippen LogP contribution in [0.2, 0.25) is 0 Å². The fraction of sp³-hybridized carbons (Fsp3) is 0.267. The van der Waals surface area contributed by atoms with Crippen molar-refractivity contribution in [1.82, 2.24) is 5.32 Å². The number of hydrogen-bond acceptors (Lipinski definition) is 2. The number of furan rings is 1. The summed E-state index contributed by atoms with van der Waals surface area (Å²) in [4.78, 5) is 12.0. The summed E-state index contributed by atoms with van der Waals surface area (Å²) in [6.07, 6.45) is 0. The third-order valence-corrected chi connectivity index (χ3v) is 3.22. The van der Waals surface area contributed by atoms with Gasteiger partial charge in [0, 0.05) is 12.4 Å². The van der Waals surface area contributed by atoms with Gasteiger partial charge in [0.2, 0.25) is 0 Å². The van der Waals surface area contributed by atoms with Crippen LogP contribution in [0.15, 0.2) is 34.7 Å². The van der Waals surface area contributed by atoms with Crippen LogP contribution in [0.5, 0.6) is 0 Å². The van der Waals surface area contributed by atoms with E-state index < -0.39 is 0 Å². The van der Waals surface area contributed by atoms with Gasteiger partial charge in [-0.2, -0.15) is 0 Å². The molecule has 0 radical (unpaired) electrons. The molecule has 0 unspecified atom stereocenters. The van der Waals surface area contributed by atoms with Crippen molar-refractivity contribution in [2.75, 3.05) is 0 Å². The molecule has 1 heterocycles. The van der Waals surface area contributed by atoms with Crippen molar-refractivity contribution < 1.29 is 9.21 Å². The Morgan fingerprint density at radius 3 is 2.37 bits per heavy atom. The van der Waals surface area contributed by atoms with E-state index in [1.165, 1.54) is 0 Å². The van der Waals surface area contributed by atoms with E-state index in [0.29, 0.717) is 23.7 Å². The summed E-state index contributed by atoms with van der Waals surface area (Å²) in [7, 11) is 0. The Kier molecular flexibility index (Phi) is 4.27. The lowest BCUT2D eigenvalue weighted by molar-refractivity contribution is 0.0949. The molecule has 0 bridgehead atoms. The molecule has 0 fully saturated rings. The van der Waals surface area contributed by atoms with Crippen molar-refractivity contribution in [2.24, 2.45) is 0 Å². The first-order chi connectivity index (χ1) is 9.10. The lowest BCUT2D eigenvalue weighted by atomic mass is 10.1. The Labute approximate surface area is 117 Å². The van der Waals surface area contributed by atoms with Crippen LogP contribution in [0.1, 0.15) is 33.0 Å². The van der Waals surface area contributed by atoms with E-state index in [2.05, 4.69) is 5.32 Å². The van der Waals surface area contributed by atoms with Gasteiger partial charge < -0.3 is 9.73 Å². The highest BCUT2D eigenvalue weighted by Gasteiger charge is 2.12. The van der Waals surface area contributed by atoms with Crippen molar-refractivity contribution in [3.8, 4) is 0 Å². The number of rotatable bonds is 4. The number of alkyl halides is 1. The number of benzene rings is 1. The fourth-order valence-corrected chi connectivity index (χ4v) is 2.06. The monoisotopic (exact) mass is 277 g/mol. The summed E-state index contributed by atoms with van der Waals surface area (Å²) in [5.41, 5.74) is 2.70. The summed E-state index contributed by atoms with van der Waals surface area (Å²) in [6.45, 7) is 4.11. The van der Waals surface area contributed by atoms with Gasteiger partial charge in [-0.05, 0) is 31.0 Å². The molecule has 0 aliphatic carbocycles. The van der Waals surface area contributed by atoms with Crippen molar-refractivity contribution in [1.29, 1.82) is 0 Å². The maximum atomic E-state index is 12.0. The second-order valence-electron chi connectivity index (χ2n) is 4.46. The van der Waals surface area contributed by atoms with Gasteiger partial charge in [0.05, 0.1) is 5.56 Å². The zero-order chi connectivity index (χ0) is 13.8. The summed E-state index contributed by atoms with van der Waals surface area (Å²) in [5, 5.41) is 2.87. The molecule has 100 valence electrons. The fourth-order valence-electron chi connectivity index (χ4n) is 1.88. The van der Waals surface area contributed by atoms with Gasteiger partial charge in [-0.15, -0.1) is 11.6 Å². The molecule has 0 aliphatic rings. The number of amides is 1. The Morgan fingerprint density at radius 2 is 1.84 bits per heavy atom. The predicted octanol–water partition coefficient (Wildman–Crippen LogP) is 3.57. The Morgan fingerprint density at radius 1 is 1.21 bits per heavy atom.